The fraction of sp³-hybridized carbons (Fsp3) is 1.00. The van der Waals surface area contributed by atoms with Crippen molar-refractivity contribution in [2.24, 2.45) is 17.8 Å². The molecule has 3 aliphatic rings. The van der Waals surface area contributed by atoms with Gasteiger partial charge in [0.1, 0.15) is 11.2 Å². The van der Waals surface area contributed by atoms with Gasteiger partial charge in [-0.15, -0.1) is 0 Å². The Morgan fingerprint density at radius 3 is 2.57 bits per heavy atom. The van der Waals surface area contributed by atoms with Crippen molar-refractivity contribution in [1.29, 1.82) is 0 Å². The summed E-state index contributed by atoms with van der Waals surface area (Å²) < 4.78 is 17.7. The quantitative estimate of drug-likeness (QED) is 0.792. The molecule has 4 heteroatoms. The number of aliphatic hydroxyl groups excluding tert-OH is 1. The molecule has 0 amide bonds. The number of ether oxygens (including phenoxy) is 3. The first-order chi connectivity index (χ1) is 9.84. The molecule has 3 rings (SSSR count). The van der Waals surface area contributed by atoms with Crippen LogP contribution in [0.4, 0.5) is 0 Å². The minimum Gasteiger partial charge on any atom is -0.390 e. The standard InChI is InChI=1S/C17H30O4/c1-10(2)6-7-12-16(4,21-12)15-14(19-5)13(18)11(3)8-17(15)9-20-17/h10-15,18H,6-9H2,1-5H3/t11-,12-,13-,14-,15-,16+,17+/m1/s1. The highest BCUT2D eigenvalue weighted by atomic mass is 16.6. The lowest BCUT2D eigenvalue weighted by Gasteiger charge is -2.44. The topological polar surface area (TPSA) is 54.5 Å². The Morgan fingerprint density at radius 1 is 1.38 bits per heavy atom. The maximum absolute atomic E-state index is 10.5. The Kier molecular flexibility index (Phi) is 3.89. The van der Waals surface area contributed by atoms with Gasteiger partial charge in [0, 0.05) is 7.11 Å². The normalized spacial score (nSPS) is 52.4. The zero-order valence-corrected chi connectivity index (χ0v) is 14.0. The minimum absolute atomic E-state index is 0.124. The maximum Gasteiger partial charge on any atom is 0.100 e. The summed E-state index contributed by atoms with van der Waals surface area (Å²) in [7, 11) is 1.70. The van der Waals surface area contributed by atoms with Crippen LogP contribution in [-0.2, 0) is 14.2 Å². The molecular formula is C17H30O4. The Labute approximate surface area is 128 Å². The fourth-order valence-electron chi connectivity index (χ4n) is 4.50. The molecule has 0 radical (unpaired) electrons. The SMILES string of the molecule is CO[C@@H]1[C@H](O)[C@H](C)C[C@]2(CO2)[C@H]1[C@@]1(C)O[C@@H]1CCC(C)C. The van der Waals surface area contributed by atoms with E-state index in [1.54, 1.807) is 7.11 Å². The molecule has 122 valence electrons. The second-order valence-corrected chi connectivity index (χ2v) is 7.96. The van der Waals surface area contributed by atoms with E-state index in [9.17, 15) is 5.11 Å². The molecule has 0 aromatic rings. The molecule has 1 N–H and O–H groups in total. The highest BCUT2D eigenvalue weighted by Crippen LogP contribution is 2.60. The molecule has 1 saturated carbocycles. The van der Waals surface area contributed by atoms with Gasteiger partial charge in [-0.1, -0.05) is 20.8 Å². The summed E-state index contributed by atoms with van der Waals surface area (Å²) in [5, 5.41) is 10.5. The molecule has 2 saturated heterocycles. The second-order valence-electron chi connectivity index (χ2n) is 7.96. The van der Waals surface area contributed by atoms with Gasteiger partial charge in [-0.05, 0) is 38.0 Å². The molecule has 4 nitrogen and oxygen atoms in total. The third-order valence-corrected chi connectivity index (χ3v) is 5.87. The molecule has 0 unspecified atom stereocenters. The number of hydrogen-bond acceptors (Lipinski definition) is 4. The third kappa shape index (κ3) is 2.54. The fourth-order valence-corrected chi connectivity index (χ4v) is 4.50. The highest BCUT2D eigenvalue weighted by Gasteiger charge is 2.72. The van der Waals surface area contributed by atoms with Crippen LogP contribution in [-0.4, -0.2) is 48.3 Å². The smallest absolute Gasteiger partial charge is 0.100 e. The highest BCUT2D eigenvalue weighted by molar-refractivity contribution is 5.20. The number of epoxide rings is 2. The van der Waals surface area contributed by atoms with E-state index in [0.29, 0.717) is 5.92 Å². The van der Waals surface area contributed by atoms with Crippen LogP contribution in [0.25, 0.3) is 0 Å². The maximum atomic E-state index is 10.5. The number of aliphatic hydroxyl groups is 1. The average molecular weight is 298 g/mol. The predicted octanol–water partition coefficient (Wildman–Crippen LogP) is 2.38. The summed E-state index contributed by atoms with van der Waals surface area (Å²) in [5.41, 5.74) is -0.326. The number of methoxy groups -OCH3 is 1. The van der Waals surface area contributed by atoms with Gasteiger partial charge >= 0.3 is 0 Å². The van der Waals surface area contributed by atoms with Crippen molar-refractivity contribution < 1.29 is 19.3 Å². The first-order valence-electron chi connectivity index (χ1n) is 8.36. The molecule has 1 spiro atoms. The van der Waals surface area contributed by atoms with Gasteiger partial charge in [0.2, 0.25) is 0 Å². The van der Waals surface area contributed by atoms with Crippen LogP contribution >= 0.6 is 0 Å². The van der Waals surface area contributed by atoms with E-state index in [1.807, 2.05) is 0 Å². The van der Waals surface area contributed by atoms with Gasteiger partial charge < -0.3 is 19.3 Å². The van der Waals surface area contributed by atoms with Crippen molar-refractivity contribution in [2.45, 2.75) is 76.5 Å². The summed E-state index contributed by atoms with van der Waals surface area (Å²) in [5.74, 6) is 1.04. The van der Waals surface area contributed by atoms with Gasteiger partial charge in [0.25, 0.3) is 0 Å². The van der Waals surface area contributed by atoms with E-state index in [1.165, 1.54) is 6.42 Å². The van der Waals surface area contributed by atoms with Gasteiger partial charge in [0.15, 0.2) is 0 Å². The number of rotatable bonds is 5. The van der Waals surface area contributed by atoms with Crippen molar-refractivity contribution in [3.8, 4) is 0 Å². The monoisotopic (exact) mass is 298 g/mol. The molecule has 0 aromatic carbocycles. The van der Waals surface area contributed by atoms with Crippen LogP contribution < -0.4 is 0 Å². The molecule has 7 atom stereocenters. The van der Waals surface area contributed by atoms with Crippen LogP contribution in [0.1, 0.15) is 47.0 Å². The van der Waals surface area contributed by atoms with Crippen molar-refractivity contribution in [3.05, 3.63) is 0 Å². The summed E-state index contributed by atoms with van der Waals surface area (Å²) in [6, 6.07) is 0. The third-order valence-electron chi connectivity index (χ3n) is 5.87. The van der Waals surface area contributed by atoms with E-state index in [4.69, 9.17) is 14.2 Å². The van der Waals surface area contributed by atoms with Crippen molar-refractivity contribution in [2.75, 3.05) is 13.7 Å². The molecule has 1 aliphatic carbocycles. The molecule has 21 heavy (non-hydrogen) atoms. The Hall–Kier alpha value is -0.160. The summed E-state index contributed by atoms with van der Waals surface area (Å²) in [6.07, 6.45) is 2.84. The van der Waals surface area contributed by atoms with E-state index in [-0.39, 0.29) is 35.2 Å². The lowest BCUT2D eigenvalue weighted by molar-refractivity contribution is -0.137. The van der Waals surface area contributed by atoms with Crippen molar-refractivity contribution in [1.82, 2.24) is 0 Å². The van der Waals surface area contributed by atoms with E-state index in [2.05, 4.69) is 27.7 Å². The Morgan fingerprint density at radius 2 is 2.05 bits per heavy atom. The van der Waals surface area contributed by atoms with Gasteiger partial charge in [-0.2, -0.15) is 0 Å². The predicted molar refractivity (Wildman–Crippen MR) is 80.1 cm³/mol. The molecule has 2 aliphatic heterocycles. The van der Waals surface area contributed by atoms with Crippen molar-refractivity contribution in [3.63, 3.8) is 0 Å². The number of hydrogen-bond donors (Lipinski definition) is 1. The van der Waals surface area contributed by atoms with Crippen LogP contribution in [0.2, 0.25) is 0 Å². The zero-order chi connectivity index (χ0) is 15.4. The first-order valence-corrected chi connectivity index (χ1v) is 8.36. The summed E-state index contributed by atoms with van der Waals surface area (Å²) in [6.45, 7) is 9.54. The van der Waals surface area contributed by atoms with E-state index >= 15 is 0 Å². The molecule has 3 fully saturated rings. The van der Waals surface area contributed by atoms with Crippen LogP contribution in [0.15, 0.2) is 0 Å². The van der Waals surface area contributed by atoms with Crippen LogP contribution in [0.5, 0.6) is 0 Å². The average Bonchev–Trinajstić information content (AvgIpc) is 3.31. The van der Waals surface area contributed by atoms with Gasteiger partial charge in [-0.3, -0.25) is 0 Å². The molecule has 0 aromatic heterocycles. The lowest BCUT2D eigenvalue weighted by atomic mass is 9.65. The lowest BCUT2D eigenvalue weighted by Crippen LogP contribution is -2.57. The first kappa shape index (κ1) is 15.7. The molecule has 2 heterocycles. The van der Waals surface area contributed by atoms with Crippen LogP contribution in [0.3, 0.4) is 0 Å². The van der Waals surface area contributed by atoms with Crippen molar-refractivity contribution >= 4 is 0 Å². The van der Waals surface area contributed by atoms with Crippen LogP contribution in [0, 0.1) is 17.8 Å². The van der Waals surface area contributed by atoms with Gasteiger partial charge in [-0.25, -0.2) is 0 Å². The Balaban J connectivity index is 1.76. The second kappa shape index (κ2) is 5.19. The molecule has 0 bridgehead atoms. The van der Waals surface area contributed by atoms with E-state index < -0.39 is 6.10 Å². The Bertz CT molecular complexity index is 392. The van der Waals surface area contributed by atoms with E-state index in [0.717, 1.165) is 19.4 Å². The van der Waals surface area contributed by atoms with Gasteiger partial charge in [0.05, 0.1) is 30.8 Å². The minimum atomic E-state index is -0.429. The summed E-state index contributed by atoms with van der Waals surface area (Å²) in [4.78, 5) is 0. The summed E-state index contributed by atoms with van der Waals surface area (Å²) >= 11 is 0. The largest absolute Gasteiger partial charge is 0.390 e. The molecular weight excluding hydrogens is 268 g/mol. The zero-order valence-electron chi connectivity index (χ0n) is 14.0.